The maximum atomic E-state index is 17.1. The molecule has 17 heteroatoms. The van der Waals surface area contributed by atoms with Crippen molar-refractivity contribution < 1.29 is 44.9 Å². The Balaban J connectivity index is 1.34. The summed E-state index contributed by atoms with van der Waals surface area (Å²) in [6, 6.07) is 2.71. The van der Waals surface area contributed by atoms with E-state index in [-0.39, 0.29) is 81.8 Å². The van der Waals surface area contributed by atoms with Gasteiger partial charge in [0, 0.05) is 30.5 Å². The van der Waals surface area contributed by atoms with Crippen molar-refractivity contribution in [1.29, 1.82) is 5.26 Å². The summed E-state index contributed by atoms with van der Waals surface area (Å²) in [7, 11) is 0. The molecule has 6 heterocycles. The summed E-state index contributed by atoms with van der Waals surface area (Å²) in [5.41, 5.74) is -2.05. The molecule has 4 aliphatic heterocycles. The first-order chi connectivity index (χ1) is 24.0. The van der Waals surface area contributed by atoms with Gasteiger partial charge in [-0.3, -0.25) is 4.90 Å². The highest BCUT2D eigenvalue weighted by molar-refractivity contribution is 7.19. The largest absolute Gasteiger partial charge is 0.489 e. The highest BCUT2D eigenvalue weighted by atomic mass is 35.5. The van der Waals surface area contributed by atoms with E-state index in [1.54, 1.807) is 11.0 Å². The number of fused-ring (bicyclic) bond motifs is 4. The highest BCUT2D eigenvalue weighted by Crippen LogP contribution is 2.52. The Kier molecular flexibility index (Phi) is 8.40. The van der Waals surface area contributed by atoms with E-state index in [4.69, 9.17) is 25.8 Å². The molecule has 0 aliphatic carbocycles. The van der Waals surface area contributed by atoms with Crippen LogP contribution in [0.4, 0.5) is 36.6 Å². The number of halogens is 8. The second-order valence-corrected chi connectivity index (χ2v) is 14.4. The van der Waals surface area contributed by atoms with E-state index in [9.17, 15) is 27.2 Å². The third-order valence-corrected chi connectivity index (χ3v) is 11.8. The molecule has 3 fully saturated rings. The van der Waals surface area contributed by atoms with Gasteiger partial charge in [0.2, 0.25) is 0 Å². The average molecular weight is 742 g/mol. The van der Waals surface area contributed by atoms with E-state index in [0.717, 1.165) is 18.6 Å². The number of nitrogens with zero attached hydrogens (tertiary/aromatic N) is 5. The summed E-state index contributed by atoms with van der Waals surface area (Å²) in [5, 5.41) is 9.30. The van der Waals surface area contributed by atoms with Crippen molar-refractivity contribution in [2.24, 2.45) is 0 Å². The fourth-order valence-corrected chi connectivity index (χ4v) is 9.50. The molecule has 2 aromatic carbocycles. The topological polar surface area (TPSA) is 83.7 Å². The SMILES string of the molecule is N#Cc1c(C(F)F)sc2c(F)ccc(-c3c(Cl)c4c5c(nc(OCC67CCCN6C[C@H](F)C7)nc5c3F)N3CCCC(OC(F)F)C3CO4)c12. The lowest BCUT2D eigenvalue weighted by atomic mass is 9.95. The Morgan fingerprint density at radius 3 is 2.72 bits per heavy atom. The van der Waals surface area contributed by atoms with Gasteiger partial charge in [0.15, 0.2) is 11.6 Å². The Labute approximate surface area is 289 Å². The van der Waals surface area contributed by atoms with E-state index < -0.39 is 64.5 Å². The van der Waals surface area contributed by atoms with Crippen molar-refractivity contribution >= 4 is 49.7 Å². The molecule has 3 saturated heterocycles. The van der Waals surface area contributed by atoms with Gasteiger partial charge < -0.3 is 19.1 Å². The third-order valence-electron chi connectivity index (χ3n) is 10.2. The number of hydrogen-bond donors (Lipinski definition) is 0. The molecule has 0 amide bonds. The predicted molar refractivity (Wildman–Crippen MR) is 170 cm³/mol. The molecule has 0 N–H and O–H groups in total. The summed E-state index contributed by atoms with van der Waals surface area (Å²) < 4.78 is 119. The lowest BCUT2D eigenvalue weighted by Gasteiger charge is -2.40. The Hall–Kier alpha value is -3.65. The van der Waals surface area contributed by atoms with Crippen LogP contribution in [0.2, 0.25) is 5.02 Å². The van der Waals surface area contributed by atoms with Gasteiger partial charge >= 0.3 is 12.6 Å². The molecular formula is C33H27ClF7N5O3S. The molecule has 50 heavy (non-hydrogen) atoms. The van der Waals surface area contributed by atoms with Crippen molar-refractivity contribution in [3.05, 3.63) is 39.2 Å². The minimum atomic E-state index is -3.11. The number of thiophene rings is 1. The van der Waals surface area contributed by atoms with Crippen LogP contribution in [0.3, 0.4) is 0 Å². The summed E-state index contributed by atoms with van der Waals surface area (Å²) in [6.07, 6.45) is -2.72. The number of benzene rings is 2. The molecule has 264 valence electrons. The lowest BCUT2D eigenvalue weighted by molar-refractivity contribution is -0.174. The molecule has 8 nitrogen and oxygen atoms in total. The predicted octanol–water partition coefficient (Wildman–Crippen LogP) is 8.18. The Morgan fingerprint density at radius 1 is 1.14 bits per heavy atom. The summed E-state index contributed by atoms with van der Waals surface area (Å²) in [5.74, 6) is -1.99. The number of nitriles is 1. The summed E-state index contributed by atoms with van der Waals surface area (Å²) >= 11 is 7.28. The van der Waals surface area contributed by atoms with E-state index in [2.05, 4.69) is 9.97 Å². The van der Waals surface area contributed by atoms with Crippen LogP contribution >= 0.6 is 22.9 Å². The maximum absolute atomic E-state index is 17.1. The van der Waals surface area contributed by atoms with Gasteiger partial charge in [-0.1, -0.05) is 17.7 Å². The first kappa shape index (κ1) is 33.5. The quantitative estimate of drug-likeness (QED) is 0.176. The summed E-state index contributed by atoms with van der Waals surface area (Å²) in [4.78, 5) is 12.1. The van der Waals surface area contributed by atoms with Crippen LogP contribution in [0.1, 0.15) is 49.0 Å². The van der Waals surface area contributed by atoms with Crippen LogP contribution in [-0.4, -0.2) is 78.2 Å². The Bertz CT molecular complexity index is 2060. The molecule has 0 bridgehead atoms. The van der Waals surface area contributed by atoms with Crippen molar-refractivity contribution in [1.82, 2.24) is 14.9 Å². The maximum Gasteiger partial charge on any atom is 0.345 e. The van der Waals surface area contributed by atoms with Gasteiger partial charge in [-0.05, 0) is 43.9 Å². The molecule has 4 aromatic rings. The van der Waals surface area contributed by atoms with Crippen molar-refractivity contribution in [2.45, 2.75) is 69.0 Å². The number of ether oxygens (including phenoxy) is 3. The summed E-state index contributed by atoms with van der Waals surface area (Å²) in [6.45, 7) is -2.06. The fourth-order valence-electron chi connectivity index (χ4n) is 8.13. The number of hydrogen-bond acceptors (Lipinski definition) is 9. The lowest BCUT2D eigenvalue weighted by Crippen LogP contribution is -2.52. The number of anilines is 1. The molecule has 3 unspecified atom stereocenters. The number of rotatable bonds is 7. The zero-order chi connectivity index (χ0) is 35.1. The van der Waals surface area contributed by atoms with Crippen LogP contribution in [0.15, 0.2) is 12.1 Å². The van der Waals surface area contributed by atoms with Gasteiger partial charge in [0.1, 0.15) is 42.6 Å². The van der Waals surface area contributed by atoms with Gasteiger partial charge in [-0.2, -0.15) is 24.0 Å². The highest BCUT2D eigenvalue weighted by Gasteiger charge is 2.49. The average Bonchev–Trinajstić information content (AvgIpc) is 3.71. The molecule has 0 saturated carbocycles. The van der Waals surface area contributed by atoms with Crippen LogP contribution in [0.25, 0.3) is 32.1 Å². The van der Waals surface area contributed by atoms with Crippen LogP contribution in [0.5, 0.6) is 11.8 Å². The molecule has 8 rings (SSSR count). The van der Waals surface area contributed by atoms with E-state index >= 15 is 8.78 Å². The number of piperidine rings is 1. The van der Waals surface area contributed by atoms with E-state index in [0.29, 0.717) is 37.3 Å². The van der Waals surface area contributed by atoms with Gasteiger partial charge in [-0.15, -0.1) is 11.3 Å². The minimum absolute atomic E-state index is 0.000239. The van der Waals surface area contributed by atoms with Crippen molar-refractivity contribution in [2.75, 3.05) is 37.7 Å². The first-order valence-electron chi connectivity index (χ1n) is 16.0. The Morgan fingerprint density at radius 2 is 1.96 bits per heavy atom. The van der Waals surface area contributed by atoms with E-state index in [1.165, 1.54) is 0 Å². The molecule has 0 spiro atoms. The van der Waals surface area contributed by atoms with Crippen LogP contribution < -0.4 is 14.4 Å². The number of aromatic nitrogens is 2. The van der Waals surface area contributed by atoms with Gasteiger partial charge in [0.25, 0.3) is 6.43 Å². The molecule has 4 aliphatic rings. The van der Waals surface area contributed by atoms with E-state index in [1.807, 2.05) is 4.90 Å². The standard InChI is InChI=1S/C33H27ClF7N5O3S/c34-23-21(15-4-5-17(36)28-20(15)16(10-42)27(50-28)29(38)39)24(37)25-22-26(23)47-12-18-19(49-31(40)41)3-1-8-46(18)30(22)44-32(43-25)48-13-33-6-2-7-45(33)11-14(35)9-33/h4-5,14,18-19,29,31H,1-3,6-9,11-13H2/t14-,18?,19?,33?/m1/s1. The smallest absolute Gasteiger partial charge is 0.345 e. The zero-order valence-electron chi connectivity index (χ0n) is 26.0. The van der Waals surface area contributed by atoms with Gasteiger partial charge in [-0.25, -0.2) is 22.0 Å². The van der Waals surface area contributed by atoms with Crippen molar-refractivity contribution in [3.63, 3.8) is 0 Å². The second-order valence-electron chi connectivity index (χ2n) is 13.0. The normalized spacial score (nSPS) is 24.9. The van der Waals surface area contributed by atoms with Crippen LogP contribution in [0, 0.1) is 23.0 Å². The fraction of sp³-hybridized carbons (Fsp3) is 0.485. The van der Waals surface area contributed by atoms with Crippen molar-refractivity contribution in [3.8, 4) is 29.0 Å². The molecule has 4 atom stereocenters. The molecule has 2 aromatic heterocycles. The minimum Gasteiger partial charge on any atom is -0.489 e. The molecule has 0 radical (unpaired) electrons. The first-order valence-corrected chi connectivity index (χ1v) is 17.2. The molecular weight excluding hydrogens is 715 g/mol. The zero-order valence-corrected chi connectivity index (χ0v) is 27.6. The third kappa shape index (κ3) is 5.22. The number of alkyl halides is 5. The monoisotopic (exact) mass is 741 g/mol. The van der Waals surface area contributed by atoms with Crippen LogP contribution in [-0.2, 0) is 4.74 Å². The van der Waals surface area contributed by atoms with Gasteiger partial charge in [0.05, 0.1) is 43.2 Å². The second kappa shape index (κ2) is 12.5.